The second-order valence-electron chi connectivity index (χ2n) is 13.5. The smallest absolute Gasteiger partial charge is 0.410 e. The average molecular weight is 709 g/mol. The molecule has 2 atom stereocenters. The van der Waals surface area contributed by atoms with E-state index in [9.17, 15) is 9.59 Å². The number of carbonyl (C=O) groups is 2. The zero-order valence-electron chi connectivity index (χ0n) is 29.8. The van der Waals surface area contributed by atoms with Crippen molar-refractivity contribution < 1.29 is 19.1 Å². The van der Waals surface area contributed by atoms with Crippen molar-refractivity contribution in [2.75, 3.05) is 25.0 Å². The lowest BCUT2D eigenvalue weighted by Crippen LogP contribution is -2.47. The number of aliphatic imine (C=N–C) groups is 1. The molecule has 10 nitrogen and oxygen atoms in total. The number of aromatic nitrogens is 2. The van der Waals surface area contributed by atoms with E-state index in [-0.39, 0.29) is 37.5 Å². The third-order valence-corrected chi connectivity index (χ3v) is 9.87. The Morgan fingerprint density at radius 1 is 0.792 bits per heavy atom. The first-order valence-corrected chi connectivity index (χ1v) is 18.3. The number of imidazole rings is 1. The summed E-state index contributed by atoms with van der Waals surface area (Å²) >= 11 is 0. The number of hydrogen-bond acceptors (Lipinski definition) is 7. The number of rotatable bonds is 9. The third kappa shape index (κ3) is 8.87. The lowest BCUT2D eigenvalue weighted by molar-refractivity contribution is 0.0660. The summed E-state index contributed by atoms with van der Waals surface area (Å²) in [6, 6.07) is 31.0. The molecule has 1 aromatic heterocycles. The summed E-state index contributed by atoms with van der Waals surface area (Å²) in [6.45, 7) is 6.17. The van der Waals surface area contributed by atoms with E-state index in [2.05, 4.69) is 33.9 Å². The summed E-state index contributed by atoms with van der Waals surface area (Å²) in [7, 11) is 0. The first kappa shape index (κ1) is 35.3. The van der Waals surface area contributed by atoms with E-state index in [1.165, 1.54) is 0 Å². The molecule has 7 rings (SSSR count). The molecule has 0 aliphatic carbocycles. The van der Waals surface area contributed by atoms with Gasteiger partial charge < -0.3 is 24.7 Å². The highest BCUT2D eigenvalue weighted by molar-refractivity contribution is 5.78. The van der Waals surface area contributed by atoms with Crippen molar-refractivity contribution in [1.82, 2.24) is 19.8 Å². The van der Waals surface area contributed by atoms with Gasteiger partial charge in [0.1, 0.15) is 19.0 Å². The normalized spacial score (nSPS) is 17.1. The highest BCUT2D eigenvalue weighted by atomic mass is 16.6. The van der Waals surface area contributed by atoms with Gasteiger partial charge in [0.15, 0.2) is 0 Å². The van der Waals surface area contributed by atoms with Gasteiger partial charge in [-0.1, -0.05) is 72.5 Å². The van der Waals surface area contributed by atoms with Gasteiger partial charge in [0, 0.05) is 30.8 Å². The Morgan fingerprint density at radius 3 is 2.11 bits per heavy atom. The lowest BCUT2D eigenvalue weighted by atomic mass is 10.0. The SMILES string of the molecule is C=Nc1cc(C#Cc2ccc3nc(C4CCCCN4C(=O)OCc4ccccc4)[nH]c3c2)ccc1NC[C@@H]1CCCCN1C(=O)OCc1ccccc1. The predicted molar refractivity (Wildman–Crippen MR) is 207 cm³/mol. The van der Waals surface area contributed by atoms with Crippen molar-refractivity contribution in [3.05, 3.63) is 125 Å². The lowest BCUT2D eigenvalue weighted by Gasteiger charge is -2.35. The minimum atomic E-state index is -0.324. The van der Waals surface area contributed by atoms with Crippen molar-refractivity contribution in [3.8, 4) is 11.8 Å². The first-order valence-electron chi connectivity index (χ1n) is 18.3. The maximum atomic E-state index is 13.1. The number of piperidine rings is 2. The molecule has 0 bridgehead atoms. The Bertz CT molecular complexity index is 2110. The number of nitrogens with zero attached hydrogens (tertiary/aromatic N) is 4. The van der Waals surface area contributed by atoms with Crippen molar-refractivity contribution in [1.29, 1.82) is 0 Å². The fraction of sp³-hybridized carbons (Fsp3) is 0.302. The fourth-order valence-electron chi connectivity index (χ4n) is 7.02. The van der Waals surface area contributed by atoms with Crippen LogP contribution in [0.1, 0.15) is 72.6 Å². The number of nitrogens with one attached hydrogen (secondary N) is 2. The minimum Gasteiger partial charge on any atom is -0.445 e. The van der Waals surface area contributed by atoms with Gasteiger partial charge in [-0.2, -0.15) is 0 Å². The quantitative estimate of drug-likeness (QED) is 0.117. The Hall–Kier alpha value is -6.08. The van der Waals surface area contributed by atoms with Crippen LogP contribution in [-0.4, -0.2) is 64.3 Å². The van der Waals surface area contributed by atoms with Crippen molar-refractivity contribution in [2.45, 2.75) is 63.8 Å². The molecule has 2 amide bonds. The number of benzene rings is 4. The molecular formula is C43H44N6O4. The summed E-state index contributed by atoms with van der Waals surface area (Å²) in [6.07, 6.45) is 5.08. The standard InChI is InChI=1S/C43H44N6O4/c1-44-38-26-31(20-22-36(38)45-28-35-16-8-10-24-48(35)42(50)52-29-33-12-4-2-5-13-33)18-19-32-21-23-37-39(27-32)47-41(46-37)40-17-9-11-25-49(40)43(51)53-30-34-14-6-3-7-15-34/h2-7,12-15,20-23,26-27,35,40,45H,1,8-11,16-17,24-25,28-30H2,(H,46,47)/t35-,40?/m0/s1. The largest absolute Gasteiger partial charge is 0.445 e. The molecule has 10 heteroatoms. The molecule has 2 aliphatic rings. The number of amides is 2. The summed E-state index contributed by atoms with van der Waals surface area (Å²) in [5, 5.41) is 3.49. The topological polar surface area (TPSA) is 112 Å². The number of anilines is 1. The molecule has 4 aromatic carbocycles. The van der Waals surface area contributed by atoms with Gasteiger partial charge in [-0.25, -0.2) is 14.6 Å². The number of likely N-dealkylation sites (tertiary alicyclic amines) is 2. The Kier molecular flexibility index (Phi) is 11.3. The van der Waals surface area contributed by atoms with Gasteiger partial charge in [0.05, 0.1) is 34.5 Å². The highest BCUT2D eigenvalue weighted by Crippen LogP contribution is 2.32. The summed E-state index contributed by atoms with van der Waals surface area (Å²) in [4.78, 5) is 42.4. The number of carbonyl (C=O) groups excluding carboxylic acids is 2. The van der Waals surface area contributed by atoms with E-state index in [0.29, 0.717) is 25.3 Å². The maximum absolute atomic E-state index is 13.1. The summed E-state index contributed by atoms with van der Waals surface area (Å²) in [5.74, 6) is 7.29. The van der Waals surface area contributed by atoms with E-state index in [1.54, 1.807) is 4.90 Å². The number of fused-ring (bicyclic) bond motifs is 1. The van der Waals surface area contributed by atoms with Crippen molar-refractivity contribution in [2.24, 2.45) is 4.99 Å². The van der Waals surface area contributed by atoms with Crippen LogP contribution in [0.4, 0.5) is 21.0 Å². The number of H-pyrrole nitrogens is 1. The van der Waals surface area contributed by atoms with Crippen LogP contribution >= 0.6 is 0 Å². The summed E-state index contributed by atoms with van der Waals surface area (Å²) in [5.41, 5.74) is 6.78. The Balaban J connectivity index is 0.983. The monoisotopic (exact) mass is 708 g/mol. The van der Waals surface area contributed by atoms with E-state index in [4.69, 9.17) is 14.5 Å². The van der Waals surface area contributed by atoms with Gasteiger partial charge >= 0.3 is 12.2 Å². The van der Waals surface area contributed by atoms with Gasteiger partial charge in [0.2, 0.25) is 0 Å². The molecule has 0 radical (unpaired) electrons. The molecule has 2 N–H and O–H groups in total. The molecule has 2 aliphatic heterocycles. The zero-order chi connectivity index (χ0) is 36.4. The summed E-state index contributed by atoms with van der Waals surface area (Å²) < 4.78 is 11.3. The molecule has 2 fully saturated rings. The number of ether oxygens (including phenoxy) is 2. The van der Waals surface area contributed by atoms with E-state index in [0.717, 1.165) is 83.3 Å². The van der Waals surface area contributed by atoms with Gasteiger partial charge in [-0.15, -0.1) is 0 Å². The van der Waals surface area contributed by atoms with Crippen LogP contribution in [0, 0.1) is 11.8 Å². The van der Waals surface area contributed by atoms with Crippen LogP contribution in [0.15, 0.2) is 102 Å². The number of aromatic amines is 1. The second kappa shape index (κ2) is 17.0. The molecule has 2 saturated heterocycles. The molecular weight excluding hydrogens is 665 g/mol. The zero-order valence-corrected chi connectivity index (χ0v) is 29.8. The third-order valence-electron chi connectivity index (χ3n) is 9.87. The predicted octanol–water partition coefficient (Wildman–Crippen LogP) is 8.76. The van der Waals surface area contributed by atoms with E-state index >= 15 is 0 Å². The van der Waals surface area contributed by atoms with Gasteiger partial charge in [-0.3, -0.25) is 9.89 Å². The van der Waals surface area contributed by atoms with Crippen molar-refractivity contribution in [3.63, 3.8) is 0 Å². The fourth-order valence-corrected chi connectivity index (χ4v) is 7.02. The molecule has 53 heavy (non-hydrogen) atoms. The van der Waals surface area contributed by atoms with Crippen LogP contribution in [-0.2, 0) is 22.7 Å². The van der Waals surface area contributed by atoms with E-state index in [1.807, 2.05) is 102 Å². The Morgan fingerprint density at radius 2 is 1.42 bits per heavy atom. The van der Waals surface area contributed by atoms with Crippen LogP contribution in [0.25, 0.3) is 11.0 Å². The van der Waals surface area contributed by atoms with Crippen LogP contribution in [0.3, 0.4) is 0 Å². The average Bonchev–Trinajstić information content (AvgIpc) is 3.65. The Labute approximate surface area is 310 Å². The first-order chi connectivity index (χ1) is 26.0. The molecule has 0 spiro atoms. The highest BCUT2D eigenvalue weighted by Gasteiger charge is 2.31. The van der Waals surface area contributed by atoms with Crippen LogP contribution < -0.4 is 5.32 Å². The second-order valence-corrected chi connectivity index (χ2v) is 13.5. The van der Waals surface area contributed by atoms with Crippen LogP contribution in [0.5, 0.6) is 0 Å². The molecule has 0 saturated carbocycles. The van der Waals surface area contributed by atoms with E-state index < -0.39 is 0 Å². The molecule has 270 valence electrons. The van der Waals surface area contributed by atoms with Gasteiger partial charge in [0.25, 0.3) is 0 Å². The van der Waals surface area contributed by atoms with Crippen LogP contribution in [0.2, 0.25) is 0 Å². The number of hydrogen-bond donors (Lipinski definition) is 2. The van der Waals surface area contributed by atoms with Gasteiger partial charge in [-0.05, 0) is 92.8 Å². The molecule has 1 unspecified atom stereocenters. The molecule has 3 heterocycles. The van der Waals surface area contributed by atoms with Crippen molar-refractivity contribution >= 4 is 41.3 Å². The molecule has 5 aromatic rings. The maximum Gasteiger partial charge on any atom is 0.410 e. The minimum absolute atomic E-state index is 0.0108.